The van der Waals surface area contributed by atoms with Gasteiger partial charge in [0.05, 0.1) is 36.3 Å². The Morgan fingerprint density at radius 1 is 1.20 bits per heavy atom. The van der Waals surface area contributed by atoms with Crippen molar-refractivity contribution in [3.63, 3.8) is 0 Å². The topological polar surface area (TPSA) is 150 Å². The van der Waals surface area contributed by atoms with Gasteiger partial charge in [-0.25, -0.2) is 13.2 Å². The number of amides is 1. The van der Waals surface area contributed by atoms with Gasteiger partial charge in [-0.2, -0.15) is 9.57 Å². The van der Waals surface area contributed by atoms with Gasteiger partial charge in [-0.3, -0.25) is 0 Å². The third kappa shape index (κ3) is 9.98. The Morgan fingerprint density at radius 3 is 2.56 bits per heavy atom. The van der Waals surface area contributed by atoms with E-state index in [1.807, 2.05) is 44.2 Å². The smallest absolute Gasteiger partial charge is 0.407 e. The summed E-state index contributed by atoms with van der Waals surface area (Å²) in [6.07, 6.45) is -1.71. The van der Waals surface area contributed by atoms with E-state index in [-0.39, 0.29) is 50.8 Å². The van der Waals surface area contributed by atoms with Crippen molar-refractivity contribution in [2.45, 2.75) is 56.3 Å². The quantitative estimate of drug-likeness (QED) is 0.302. The van der Waals surface area contributed by atoms with Crippen LogP contribution in [0.1, 0.15) is 32.3 Å². The third-order valence-corrected chi connectivity index (χ3v) is 8.59. The Bertz CT molecular complexity index is 1260. The summed E-state index contributed by atoms with van der Waals surface area (Å²) in [5, 5.41) is 26.3. The molecule has 0 unspecified atom stereocenters. The predicted octanol–water partition coefficient (Wildman–Crippen LogP) is 3.12. The number of ether oxygens (including phenoxy) is 3. The summed E-state index contributed by atoms with van der Waals surface area (Å²) in [6.45, 7) is 4.03. The second-order valence-corrected chi connectivity index (χ2v) is 12.7. The molecule has 1 fully saturated rings. The number of carbonyl (C=O) groups is 1. The predicted molar refractivity (Wildman–Crippen MR) is 153 cm³/mol. The summed E-state index contributed by atoms with van der Waals surface area (Å²) in [4.78, 5) is 12.9. The molecule has 0 saturated carbocycles. The fourth-order valence-electron chi connectivity index (χ4n) is 4.52. The summed E-state index contributed by atoms with van der Waals surface area (Å²) in [7, 11) is -2.37. The van der Waals surface area contributed by atoms with Crippen molar-refractivity contribution in [2.24, 2.45) is 5.41 Å². The molecule has 224 valence electrons. The monoisotopic (exact) mass is 588 g/mol. The first-order valence-corrected chi connectivity index (χ1v) is 15.0. The van der Waals surface area contributed by atoms with E-state index in [4.69, 9.17) is 19.5 Å². The van der Waals surface area contributed by atoms with Gasteiger partial charge in [0.2, 0.25) is 10.0 Å². The van der Waals surface area contributed by atoms with Crippen LogP contribution in [0.25, 0.3) is 0 Å². The highest BCUT2D eigenvalue weighted by Gasteiger charge is 2.35. The van der Waals surface area contributed by atoms with E-state index < -0.39 is 39.8 Å². The molecule has 0 aliphatic carbocycles. The molecule has 1 aliphatic heterocycles. The van der Waals surface area contributed by atoms with E-state index in [2.05, 4.69) is 16.7 Å². The maximum absolute atomic E-state index is 13.9. The van der Waals surface area contributed by atoms with Crippen LogP contribution in [0.2, 0.25) is 0 Å². The number of carbonyl (C=O) groups excluding carboxylic acids is 1. The molecule has 0 radical (unpaired) electrons. The first kappa shape index (κ1) is 32.3. The molecule has 11 nitrogen and oxygen atoms in total. The fourth-order valence-corrected chi connectivity index (χ4v) is 6.21. The summed E-state index contributed by atoms with van der Waals surface area (Å²) >= 11 is 0. The maximum Gasteiger partial charge on any atom is 0.407 e. The minimum atomic E-state index is -4.07. The highest BCUT2D eigenvalue weighted by molar-refractivity contribution is 7.89. The molecule has 1 heterocycles. The van der Waals surface area contributed by atoms with E-state index in [9.17, 15) is 18.3 Å². The number of aliphatic hydroxyl groups is 1. The molecular formula is C29H40N4O7S. The number of benzene rings is 2. The van der Waals surface area contributed by atoms with Gasteiger partial charge in [0.15, 0.2) is 6.10 Å². The van der Waals surface area contributed by atoms with E-state index in [0.29, 0.717) is 12.1 Å². The molecule has 2 aromatic rings. The van der Waals surface area contributed by atoms with Gasteiger partial charge in [0, 0.05) is 32.2 Å². The van der Waals surface area contributed by atoms with Crippen LogP contribution in [0.4, 0.5) is 10.5 Å². The van der Waals surface area contributed by atoms with Crippen LogP contribution in [0, 0.1) is 16.7 Å². The fraction of sp³-hybridized carbons (Fsp3) is 0.517. The second kappa shape index (κ2) is 15.1. The summed E-state index contributed by atoms with van der Waals surface area (Å²) in [5.74, 6) is 0. The Morgan fingerprint density at radius 2 is 1.90 bits per heavy atom. The lowest BCUT2D eigenvalue weighted by Gasteiger charge is -2.35. The van der Waals surface area contributed by atoms with Crippen LogP contribution in [0.3, 0.4) is 0 Å². The normalized spacial score (nSPS) is 16.0. The number of aliphatic hydroxyl groups excluding tert-OH is 1. The zero-order chi connectivity index (χ0) is 29.9. The van der Waals surface area contributed by atoms with Crippen LogP contribution in [0.5, 0.6) is 0 Å². The first-order valence-electron chi connectivity index (χ1n) is 13.5. The molecule has 3 rings (SSSR count). The zero-order valence-corrected chi connectivity index (χ0v) is 24.6. The molecule has 0 aromatic heterocycles. The standard InChI is InChI=1S/C29H40N4O7S/c1-29(2,13-8-14-30)20-33(41(36,37)25-12-7-11-23(16-25)31-3)17-27(34)26(15-22-9-5-4-6-10-22)32-28(35)40-24-18-38-21-39-19-24/h4-7,9-12,16,24,26-27,31,34H,8,13,15,17-21H2,1-3H3,(H,32,35)/t26-,27+/m0/s1. The Kier molecular flexibility index (Phi) is 11.9. The average molecular weight is 589 g/mol. The number of sulfonamides is 1. The lowest BCUT2D eigenvalue weighted by molar-refractivity contribution is -0.151. The van der Waals surface area contributed by atoms with Gasteiger partial charge >= 0.3 is 6.09 Å². The molecule has 2 aromatic carbocycles. The van der Waals surface area contributed by atoms with Crippen LogP contribution in [-0.4, -0.2) is 82.3 Å². The number of alkyl carbamates (subject to hydrolysis) is 1. The van der Waals surface area contributed by atoms with Crippen molar-refractivity contribution in [1.82, 2.24) is 9.62 Å². The van der Waals surface area contributed by atoms with Crippen molar-refractivity contribution in [3.8, 4) is 6.07 Å². The molecule has 0 spiro atoms. The van der Waals surface area contributed by atoms with Crippen molar-refractivity contribution in [1.29, 1.82) is 5.26 Å². The number of nitrogens with zero attached hydrogens (tertiary/aromatic N) is 2. The van der Waals surface area contributed by atoms with Gasteiger partial charge in [-0.15, -0.1) is 0 Å². The van der Waals surface area contributed by atoms with Gasteiger partial charge in [0.1, 0.15) is 6.79 Å². The SMILES string of the molecule is CNc1cccc(S(=O)(=O)N(C[C@@H](O)[C@H](Cc2ccccc2)NC(=O)OC2COCOC2)CC(C)(C)CCC#N)c1. The summed E-state index contributed by atoms with van der Waals surface area (Å²) in [6, 6.07) is 16.9. The van der Waals surface area contributed by atoms with Crippen molar-refractivity contribution in [2.75, 3.05) is 45.5 Å². The Balaban J connectivity index is 1.88. The van der Waals surface area contributed by atoms with E-state index in [1.54, 1.807) is 19.2 Å². The maximum atomic E-state index is 13.9. The number of rotatable bonds is 14. The number of nitrogens with one attached hydrogen (secondary N) is 2. The van der Waals surface area contributed by atoms with Crippen LogP contribution in [0.15, 0.2) is 59.5 Å². The number of hydrogen-bond acceptors (Lipinski definition) is 9. The minimum Gasteiger partial charge on any atom is -0.441 e. The molecule has 2 atom stereocenters. The minimum absolute atomic E-state index is 0.0527. The van der Waals surface area contributed by atoms with Crippen LogP contribution in [-0.2, 0) is 30.7 Å². The van der Waals surface area contributed by atoms with Gasteiger partial charge in [-0.1, -0.05) is 50.2 Å². The average Bonchev–Trinajstić information content (AvgIpc) is 2.96. The van der Waals surface area contributed by atoms with Gasteiger partial charge in [-0.05, 0) is 42.0 Å². The van der Waals surface area contributed by atoms with Crippen LogP contribution >= 0.6 is 0 Å². The molecule has 12 heteroatoms. The largest absolute Gasteiger partial charge is 0.441 e. The van der Waals surface area contributed by atoms with Gasteiger partial charge < -0.3 is 30.0 Å². The molecule has 3 N–H and O–H groups in total. The van der Waals surface area contributed by atoms with E-state index in [1.165, 1.54) is 16.4 Å². The molecule has 1 amide bonds. The second-order valence-electron chi connectivity index (χ2n) is 10.8. The van der Waals surface area contributed by atoms with Crippen molar-refractivity contribution < 1.29 is 32.5 Å². The van der Waals surface area contributed by atoms with Crippen molar-refractivity contribution in [3.05, 3.63) is 60.2 Å². The molecule has 1 aliphatic rings. The molecule has 41 heavy (non-hydrogen) atoms. The summed E-state index contributed by atoms with van der Waals surface area (Å²) in [5.41, 5.74) is 0.898. The van der Waals surface area contributed by atoms with E-state index in [0.717, 1.165) is 5.56 Å². The van der Waals surface area contributed by atoms with Crippen LogP contribution < -0.4 is 10.6 Å². The number of nitriles is 1. The highest BCUT2D eigenvalue weighted by Crippen LogP contribution is 2.28. The number of hydrogen-bond donors (Lipinski definition) is 3. The zero-order valence-electron chi connectivity index (χ0n) is 23.8. The molecular weight excluding hydrogens is 548 g/mol. The summed E-state index contributed by atoms with van der Waals surface area (Å²) < 4.78 is 44.9. The van der Waals surface area contributed by atoms with E-state index >= 15 is 0 Å². The lowest BCUT2D eigenvalue weighted by Crippen LogP contribution is -2.52. The molecule has 0 bridgehead atoms. The first-order chi connectivity index (χ1) is 19.5. The highest BCUT2D eigenvalue weighted by atomic mass is 32.2. The Hall–Kier alpha value is -3.21. The Labute approximate surface area is 242 Å². The molecule has 1 saturated heterocycles. The lowest BCUT2D eigenvalue weighted by atomic mass is 9.88. The number of anilines is 1. The third-order valence-electron chi connectivity index (χ3n) is 6.78. The van der Waals surface area contributed by atoms with Crippen molar-refractivity contribution >= 4 is 21.8 Å². The van der Waals surface area contributed by atoms with Gasteiger partial charge in [0.25, 0.3) is 0 Å².